The molecule has 0 bridgehead atoms. The van der Waals surface area contributed by atoms with Crippen LogP contribution in [0.3, 0.4) is 0 Å². The molecule has 16 heavy (non-hydrogen) atoms. The summed E-state index contributed by atoms with van der Waals surface area (Å²) in [5.74, 6) is 0. The van der Waals surface area contributed by atoms with Crippen LogP contribution in [0.4, 0.5) is 0 Å². The average Bonchev–Trinajstić information content (AvgIpc) is 2.15. The van der Waals surface area contributed by atoms with Crippen molar-refractivity contribution in [3.63, 3.8) is 0 Å². The lowest BCUT2D eigenvalue weighted by Gasteiger charge is -2.53. The number of hydrogen-bond donors (Lipinski definition) is 0. The minimum absolute atomic E-state index is 0.0799. The van der Waals surface area contributed by atoms with E-state index in [1.807, 2.05) is 4.42 Å². The molecule has 0 N–H and O–H groups in total. The van der Waals surface area contributed by atoms with E-state index >= 15 is 0 Å². The first-order valence-corrected chi connectivity index (χ1v) is 6.78. The summed E-state index contributed by atoms with van der Waals surface area (Å²) < 4.78 is 2.03. The molecule has 1 rings (SSSR count). The maximum atomic E-state index is 6.47. The fraction of sp³-hybridized carbons (Fsp3) is 1.00. The molecule has 2 nitrogen and oxygen atoms in total. The standard InChI is InChI=1S/C13H27ClN2/c1-7-15(8-2)11-9-12(3,4)16(14)13(5,6)10-11/h11H,7-10H2,1-6H3. The van der Waals surface area contributed by atoms with Gasteiger partial charge in [0.2, 0.25) is 0 Å². The van der Waals surface area contributed by atoms with Crippen molar-refractivity contribution in [2.24, 2.45) is 0 Å². The van der Waals surface area contributed by atoms with E-state index in [0.29, 0.717) is 6.04 Å². The largest absolute Gasteiger partial charge is 0.301 e. The predicted molar refractivity (Wildman–Crippen MR) is 71.8 cm³/mol. The van der Waals surface area contributed by atoms with Crippen LogP contribution in [0.15, 0.2) is 0 Å². The number of piperidine rings is 1. The highest BCUT2D eigenvalue weighted by Crippen LogP contribution is 2.41. The quantitative estimate of drug-likeness (QED) is 0.704. The van der Waals surface area contributed by atoms with E-state index in [-0.39, 0.29) is 11.1 Å². The van der Waals surface area contributed by atoms with E-state index in [0.717, 1.165) is 25.9 Å². The number of halogens is 1. The van der Waals surface area contributed by atoms with Crippen molar-refractivity contribution in [1.82, 2.24) is 9.32 Å². The lowest BCUT2D eigenvalue weighted by molar-refractivity contribution is -0.00193. The summed E-state index contributed by atoms with van der Waals surface area (Å²) in [5, 5.41) is 0. The fourth-order valence-corrected chi connectivity index (χ4v) is 3.34. The molecule has 1 aliphatic rings. The third kappa shape index (κ3) is 2.72. The van der Waals surface area contributed by atoms with E-state index < -0.39 is 0 Å². The summed E-state index contributed by atoms with van der Waals surface area (Å²) in [6, 6.07) is 0.662. The molecule has 1 fully saturated rings. The van der Waals surface area contributed by atoms with Gasteiger partial charge in [-0.2, -0.15) is 0 Å². The van der Waals surface area contributed by atoms with Crippen LogP contribution in [0.1, 0.15) is 54.4 Å². The minimum Gasteiger partial charge on any atom is -0.301 e. The third-order valence-corrected chi connectivity index (χ3v) is 4.78. The zero-order valence-electron chi connectivity index (χ0n) is 11.7. The highest BCUT2D eigenvalue weighted by Gasteiger charge is 2.45. The van der Waals surface area contributed by atoms with Crippen molar-refractivity contribution in [1.29, 1.82) is 0 Å². The third-order valence-electron chi connectivity index (χ3n) is 3.86. The first kappa shape index (κ1) is 14.3. The number of rotatable bonds is 3. The Hall–Kier alpha value is 0.210. The second kappa shape index (κ2) is 4.83. The Labute approximate surface area is 106 Å². The Morgan fingerprint density at radius 2 is 1.44 bits per heavy atom. The predicted octanol–water partition coefficient (Wildman–Crippen LogP) is 3.50. The molecule has 0 spiro atoms. The van der Waals surface area contributed by atoms with E-state index in [1.165, 1.54) is 0 Å². The highest BCUT2D eigenvalue weighted by molar-refractivity contribution is 6.14. The molecular formula is C13H27ClN2. The molecule has 0 amide bonds. The Bertz CT molecular complexity index is 216. The van der Waals surface area contributed by atoms with E-state index in [9.17, 15) is 0 Å². The van der Waals surface area contributed by atoms with Gasteiger partial charge in [0.05, 0.1) is 0 Å². The smallest absolute Gasteiger partial charge is 0.0327 e. The first-order chi connectivity index (χ1) is 7.24. The van der Waals surface area contributed by atoms with E-state index in [1.54, 1.807) is 0 Å². The summed E-state index contributed by atoms with van der Waals surface area (Å²) in [4.78, 5) is 2.56. The molecule has 0 atom stereocenters. The van der Waals surface area contributed by atoms with Crippen LogP contribution in [0, 0.1) is 0 Å². The Balaban J connectivity index is 2.86. The van der Waals surface area contributed by atoms with E-state index in [2.05, 4.69) is 46.4 Å². The molecular weight excluding hydrogens is 220 g/mol. The molecule has 0 aromatic carbocycles. The van der Waals surface area contributed by atoms with Gasteiger partial charge in [0.1, 0.15) is 0 Å². The summed E-state index contributed by atoms with van der Waals surface area (Å²) >= 11 is 6.47. The second-order valence-corrected chi connectivity index (χ2v) is 6.53. The minimum atomic E-state index is 0.0799. The van der Waals surface area contributed by atoms with Gasteiger partial charge < -0.3 is 4.90 Å². The summed E-state index contributed by atoms with van der Waals surface area (Å²) in [6.07, 6.45) is 2.31. The number of hydrogen-bond acceptors (Lipinski definition) is 2. The SMILES string of the molecule is CCN(CC)C1CC(C)(C)N(Cl)C(C)(C)C1. The van der Waals surface area contributed by atoms with Crippen molar-refractivity contribution in [2.75, 3.05) is 13.1 Å². The van der Waals surface area contributed by atoms with E-state index in [4.69, 9.17) is 11.8 Å². The van der Waals surface area contributed by atoms with Crippen LogP contribution in [0.25, 0.3) is 0 Å². The van der Waals surface area contributed by atoms with Gasteiger partial charge in [0, 0.05) is 17.1 Å². The molecule has 0 aliphatic carbocycles. The maximum Gasteiger partial charge on any atom is 0.0327 e. The molecule has 3 heteroatoms. The summed E-state index contributed by atoms with van der Waals surface area (Å²) in [7, 11) is 0. The van der Waals surface area contributed by atoms with Crippen molar-refractivity contribution < 1.29 is 0 Å². The molecule has 0 aromatic heterocycles. The second-order valence-electron chi connectivity index (χ2n) is 6.19. The van der Waals surface area contributed by atoms with Crippen molar-refractivity contribution in [3.05, 3.63) is 0 Å². The van der Waals surface area contributed by atoms with Gasteiger partial charge in [0.15, 0.2) is 0 Å². The van der Waals surface area contributed by atoms with Crippen LogP contribution in [0.5, 0.6) is 0 Å². The van der Waals surface area contributed by atoms with Gasteiger partial charge >= 0.3 is 0 Å². The Kier molecular flexibility index (Phi) is 4.31. The normalized spacial score (nSPS) is 26.2. The van der Waals surface area contributed by atoms with Gasteiger partial charge in [-0.3, -0.25) is 0 Å². The molecule has 1 aliphatic heterocycles. The van der Waals surface area contributed by atoms with Gasteiger partial charge in [-0.05, 0) is 65.4 Å². The molecule has 0 unspecified atom stereocenters. The molecule has 0 radical (unpaired) electrons. The summed E-state index contributed by atoms with van der Waals surface area (Å²) in [6.45, 7) is 15.8. The summed E-state index contributed by atoms with van der Waals surface area (Å²) in [5.41, 5.74) is 0.160. The van der Waals surface area contributed by atoms with Crippen LogP contribution >= 0.6 is 11.8 Å². The maximum absolute atomic E-state index is 6.47. The van der Waals surface area contributed by atoms with Gasteiger partial charge in [-0.15, -0.1) is 0 Å². The zero-order chi connectivity index (χ0) is 12.6. The number of nitrogens with zero attached hydrogens (tertiary/aromatic N) is 2. The van der Waals surface area contributed by atoms with Crippen LogP contribution in [-0.4, -0.2) is 39.5 Å². The van der Waals surface area contributed by atoms with Crippen molar-refractivity contribution in [2.45, 2.75) is 71.5 Å². The molecule has 1 saturated heterocycles. The molecule has 1 heterocycles. The van der Waals surface area contributed by atoms with Crippen LogP contribution < -0.4 is 0 Å². The Morgan fingerprint density at radius 3 is 1.75 bits per heavy atom. The molecule has 96 valence electrons. The molecule has 0 saturated carbocycles. The first-order valence-electron chi connectivity index (χ1n) is 6.44. The van der Waals surface area contributed by atoms with Gasteiger partial charge in [-0.1, -0.05) is 13.8 Å². The van der Waals surface area contributed by atoms with Crippen molar-refractivity contribution in [3.8, 4) is 0 Å². The fourth-order valence-electron chi connectivity index (χ4n) is 3.20. The monoisotopic (exact) mass is 246 g/mol. The lowest BCUT2D eigenvalue weighted by Crippen LogP contribution is -2.60. The zero-order valence-corrected chi connectivity index (χ0v) is 12.4. The van der Waals surface area contributed by atoms with Crippen molar-refractivity contribution >= 4 is 11.8 Å². The Morgan fingerprint density at radius 1 is 1.06 bits per heavy atom. The van der Waals surface area contributed by atoms with Crippen LogP contribution in [-0.2, 0) is 0 Å². The van der Waals surface area contributed by atoms with Gasteiger partial charge in [0.25, 0.3) is 0 Å². The highest BCUT2D eigenvalue weighted by atomic mass is 35.5. The topological polar surface area (TPSA) is 6.48 Å². The van der Waals surface area contributed by atoms with Gasteiger partial charge in [-0.25, -0.2) is 4.42 Å². The van der Waals surface area contributed by atoms with Crippen LogP contribution in [0.2, 0.25) is 0 Å². The average molecular weight is 247 g/mol. The molecule has 0 aromatic rings. The lowest BCUT2D eigenvalue weighted by atomic mass is 9.79.